The zero-order valence-electron chi connectivity index (χ0n) is 14.0. The highest BCUT2D eigenvalue weighted by atomic mass is 32.1. The number of aryl methyl sites for hydroxylation is 1. The molecule has 128 valence electrons. The molecule has 1 heterocycles. The number of amides is 2. The standard InChI is InChI=1S/C19H18N2O3S/c1-12-7-8-15(24-2)14(9-12)21-18(22)11-20-19(23)17-10-13-5-3-4-6-16(13)25-17/h3-10H,11H2,1-2H3,(H,20,23)(H,21,22). The highest BCUT2D eigenvalue weighted by Gasteiger charge is 2.13. The lowest BCUT2D eigenvalue weighted by Crippen LogP contribution is -2.32. The van der Waals surface area contributed by atoms with Crippen molar-refractivity contribution in [3.8, 4) is 5.75 Å². The number of ether oxygens (including phenoxy) is 1. The number of fused-ring (bicyclic) bond motifs is 1. The Labute approximate surface area is 149 Å². The number of rotatable bonds is 5. The van der Waals surface area contributed by atoms with Gasteiger partial charge in [-0.05, 0) is 42.1 Å². The summed E-state index contributed by atoms with van der Waals surface area (Å²) in [6, 6.07) is 15.1. The van der Waals surface area contributed by atoms with Crippen molar-refractivity contribution >= 4 is 38.9 Å². The fourth-order valence-corrected chi connectivity index (χ4v) is 3.43. The molecule has 0 radical (unpaired) electrons. The van der Waals surface area contributed by atoms with Gasteiger partial charge in [-0.2, -0.15) is 0 Å². The van der Waals surface area contributed by atoms with Crippen LogP contribution >= 0.6 is 11.3 Å². The Kier molecular flexibility index (Phi) is 5.00. The van der Waals surface area contributed by atoms with E-state index >= 15 is 0 Å². The smallest absolute Gasteiger partial charge is 0.261 e. The molecule has 0 aliphatic carbocycles. The zero-order chi connectivity index (χ0) is 17.8. The molecule has 0 saturated heterocycles. The zero-order valence-corrected chi connectivity index (χ0v) is 14.8. The molecule has 0 aliphatic rings. The van der Waals surface area contributed by atoms with E-state index in [2.05, 4.69) is 10.6 Å². The van der Waals surface area contributed by atoms with Gasteiger partial charge in [-0.1, -0.05) is 24.3 Å². The number of benzene rings is 2. The average molecular weight is 354 g/mol. The topological polar surface area (TPSA) is 67.4 Å². The van der Waals surface area contributed by atoms with Crippen molar-refractivity contribution in [2.45, 2.75) is 6.92 Å². The van der Waals surface area contributed by atoms with E-state index in [1.54, 1.807) is 13.2 Å². The molecule has 0 aliphatic heterocycles. The number of thiophene rings is 1. The second-order valence-corrected chi connectivity index (χ2v) is 6.67. The first-order valence-corrected chi connectivity index (χ1v) is 8.60. The minimum atomic E-state index is -0.307. The maximum atomic E-state index is 12.2. The molecule has 25 heavy (non-hydrogen) atoms. The first kappa shape index (κ1) is 17.0. The molecule has 0 spiro atoms. The average Bonchev–Trinajstić information content (AvgIpc) is 3.04. The van der Waals surface area contributed by atoms with E-state index in [9.17, 15) is 9.59 Å². The fourth-order valence-electron chi connectivity index (χ4n) is 2.46. The number of hydrogen-bond donors (Lipinski definition) is 2. The van der Waals surface area contributed by atoms with Gasteiger partial charge >= 0.3 is 0 Å². The van der Waals surface area contributed by atoms with Gasteiger partial charge in [0.1, 0.15) is 5.75 Å². The van der Waals surface area contributed by atoms with Gasteiger partial charge in [0.05, 0.1) is 24.2 Å². The number of anilines is 1. The number of methoxy groups -OCH3 is 1. The minimum absolute atomic E-state index is 0.107. The van der Waals surface area contributed by atoms with Crippen LogP contribution in [0.4, 0.5) is 5.69 Å². The Morgan fingerprint density at radius 1 is 1.12 bits per heavy atom. The molecule has 2 aromatic carbocycles. The third-order valence-electron chi connectivity index (χ3n) is 3.69. The third kappa shape index (κ3) is 3.97. The molecular weight excluding hydrogens is 336 g/mol. The highest BCUT2D eigenvalue weighted by Crippen LogP contribution is 2.26. The maximum Gasteiger partial charge on any atom is 0.261 e. The summed E-state index contributed by atoms with van der Waals surface area (Å²) in [7, 11) is 1.55. The lowest BCUT2D eigenvalue weighted by atomic mass is 10.2. The molecule has 2 amide bonds. The Morgan fingerprint density at radius 3 is 2.68 bits per heavy atom. The lowest BCUT2D eigenvalue weighted by Gasteiger charge is -2.11. The van der Waals surface area contributed by atoms with Gasteiger partial charge in [-0.25, -0.2) is 0 Å². The van der Waals surface area contributed by atoms with Gasteiger partial charge in [0.2, 0.25) is 5.91 Å². The lowest BCUT2D eigenvalue weighted by molar-refractivity contribution is -0.115. The van der Waals surface area contributed by atoms with Crippen molar-refractivity contribution in [3.05, 3.63) is 59.0 Å². The van der Waals surface area contributed by atoms with Gasteiger partial charge in [0.15, 0.2) is 0 Å². The summed E-state index contributed by atoms with van der Waals surface area (Å²) in [5.74, 6) is 0.0145. The quantitative estimate of drug-likeness (QED) is 0.736. The van der Waals surface area contributed by atoms with Crippen molar-refractivity contribution in [1.82, 2.24) is 5.32 Å². The molecule has 3 aromatic rings. The largest absolute Gasteiger partial charge is 0.495 e. The second-order valence-electron chi connectivity index (χ2n) is 5.58. The van der Waals surface area contributed by atoms with Crippen molar-refractivity contribution in [2.75, 3.05) is 19.0 Å². The van der Waals surface area contributed by atoms with E-state index < -0.39 is 0 Å². The van der Waals surface area contributed by atoms with Crippen LogP contribution in [0.2, 0.25) is 0 Å². The van der Waals surface area contributed by atoms with Crippen LogP contribution in [-0.2, 0) is 4.79 Å². The molecule has 1 aromatic heterocycles. The molecule has 0 atom stereocenters. The molecule has 0 saturated carbocycles. The molecular formula is C19H18N2O3S. The van der Waals surface area contributed by atoms with Crippen molar-refractivity contribution in [2.24, 2.45) is 0 Å². The van der Waals surface area contributed by atoms with E-state index in [1.807, 2.05) is 49.4 Å². The van der Waals surface area contributed by atoms with Gasteiger partial charge in [0.25, 0.3) is 5.91 Å². The first-order chi connectivity index (χ1) is 12.1. The fraction of sp³-hybridized carbons (Fsp3) is 0.158. The molecule has 0 unspecified atom stereocenters. The third-order valence-corrected chi connectivity index (χ3v) is 4.80. The second kappa shape index (κ2) is 7.36. The minimum Gasteiger partial charge on any atom is -0.495 e. The van der Waals surface area contributed by atoms with Crippen LogP contribution in [0.3, 0.4) is 0 Å². The van der Waals surface area contributed by atoms with Gasteiger partial charge in [-0.3, -0.25) is 9.59 Å². The van der Waals surface area contributed by atoms with E-state index in [-0.39, 0.29) is 18.4 Å². The van der Waals surface area contributed by atoms with Crippen LogP contribution in [0.15, 0.2) is 48.5 Å². The van der Waals surface area contributed by atoms with E-state index in [0.717, 1.165) is 15.6 Å². The molecule has 0 fully saturated rings. The van der Waals surface area contributed by atoms with Crippen molar-refractivity contribution in [3.63, 3.8) is 0 Å². The number of nitrogens with one attached hydrogen (secondary N) is 2. The molecule has 0 bridgehead atoms. The van der Waals surface area contributed by atoms with Gasteiger partial charge in [-0.15, -0.1) is 11.3 Å². The SMILES string of the molecule is COc1ccc(C)cc1NC(=O)CNC(=O)c1cc2ccccc2s1. The summed E-state index contributed by atoms with van der Waals surface area (Å²) in [6.07, 6.45) is 0. The molecule has 3 rings (SSSR count). The van der Waals surface area contributed by atoms with Crippen LogP contribution in [0.25, 0.3) is 10.1 Å². The van der Waals surface area contributed by atoms with E-state index in [4.69, 9.17) is 4.74 Å². The van der Waals surface area contributed by atoms with Crippen LogP contribution in [0.1, 0.15) is 15.2 Å². The van der Waals surface area contributed by atoms with Crippen molar-refractivity contribution < 1.29 is 14.3 Å². The molecule has 2 N–H and O–H groups in total. The molecule has 6 heteroatoms. The summed E-state index contributed by atoms with van der Waals surface area (Å²) in [4.78, 5) is 25.0. The summed E-state index contributed by atoms with van der Waals surface area (Å²) in [5, 5.41) is 6.43. The Bertz CT molecular complexity index is 900. The summed E-state index contributed by atoms with van der Waals surface area (Å²) in [5.41, 5.74) is 1.59. The van der Waals surface area contributed by atoms with Crippen molar-refractivity contribution in [1.29, 1.82) is 0 Å². The monoisotopic (exact) mass is 354 g/mol. The predicted molar refractivity (Wildman–Crippen MR) is 101 cm³/mol. The highest BCUT2D eigenvalue weighted by molar-refractivity contribution is 7.20. The van der Waals surface area contributed by atoms with Gasteiger partial charge < -0.3 is 15.4 Å². The summed E-state index contributed by atoms with van der Waals surface area (Å²) < 4.78 is 6.27. The number of carbonyl (C=O) groups excluding carboxylic acids is 2. The van der Waals surface area contributed by atoms with Crippen LogP contribution in [-0.4, -0.2) is 25.5 Å². The number of hydrogen-bond acceptors (Lipinski definition) is 4. The van der Waals surface area contributed by atoms with Crippen LogP contribution < -0.4 is 15.4 Å². The molecule has 5 nitrogen and oxygen atoms in total. The Balaban J connectivity index is 1.62. The van der Waals surface area contributed by atoms with E-state index in [1.165, 1.54) is 11.3 Å². The number of carbonyl (C=O) groups is 2. The van der Waals surface area contributed by atoms with Crippen LogP contribution in [0, 0.1) is 6.92 Å². The predicted octanol–water partition coefficient (Wildman–Crippen LogP) is 3.59. The Hall–Kier alpha value is -2.86. The van der Waals surface area contributed by atoms with Crippen LogP contribution in [0.5, 0.6) is 5.75 Å². The summed E-state index contributed by atoms with van der Waals surface area (Å²) in [6.45, 7) is 1.82. The van der Waals surface area contributed by atoms with E-state index in [0.29, 0.717) is 16.3 Å². The van der Waals surface area contributed by atoms with Gasteiger partial charge in [0, 0.05) is 4.70 Å². The Morgan fingerprint density at radius 2 is 1.92 bits per heavy atom. The maximum absolute atomic E-state index is 12.2. The first-order valence-electron chi connectivity index (χ1n) is 7.78. The summed E-state index contributed by atoms with van der Waals surface area (Å²) >= 11 is 1.41. The normalized spacial score (nSPS) is 10.5.